The van der Waals surface area contributed by atoms with Crippen LogP contribution in [0, 0.1) is 23.7 Å². The summed E-state index contributed by atoms with van der Waals surface area (Å²) in [7, 11) is 0. The highest BCUT2D eigenvalue weighted by Gasteiger charge is 2.58. The highest BCUT2D eigenvalue weighted by Crippen LogP contribution is 2.68. The molecule has 0 amide bonds. The highest BCUT2D eigenvalue weighted by molar-refractivity contribution is 5.93. The molecule has 1 heteroatoms. The number of hydrogen-bond acceptors (Lipinski definition) is 1. The van der Waals surface area contributed by atoms with Crippen LogP contribution in [-0.4, -0.2) is 0 Å². The molecule has 52 heavy (non-hydrogen) atoms. The maximum absolute atomic E-state index is 2.60. The van der Waals surface area contributed by atoms with Crippen molar-refractivity contribution in [1.82, 2.24) is 0 Å². The van der Waals surface area contributed by atoms with Gasteiger partial charge in [-0.25, -0.2) is 0 Å². The Balaban J connectivity index is 1.13. The lowest BCUT2D eigenvalue weighted by Crippen LogP contribution is -2.50. The van der Waals surface area contributed by atoms with Gasteiger partial charge in [0.2, 0.25) is 0 Å². The van der Waals surface area contributed by atoms with E-state index in [2.05, 4.69) is 169 Å². The van der Waals surface area contributed by atoms with Crippen molar-refractivity contribution in [3.05, 3.63) is 175 Å². The van der Waals surface area contributed by atoms with Crippen molar-refractivity contribution in [2.45, 2.75) is 43.9 Å². The summed E-state index contributed by atoms with van der Waals surface area (Å²) in [5.74, 6) is 3.30. The number of benzene rings is 7. The first-order valence-electron chi connectivity index (χ1n) is 19.5. The fourth-order valence-corrected chi connectivity index (χ4v) is 11.4. The van der Waals surface area contributed by atoms with Crippen molar-refractivity contribution in [3.63, 3.8) is 0 Å². The topological polar surface area (TPSA) is 3.24 Å². The second-order valence-corrected chi connectivity index (χ2v) is 16.1. The van der Waals surface area contributed by atoms with Gasteiger partial charge >= 0.3 is 0 Å². The van der Waals surface area contributed by atoms with Gasteiger partial charge in [-0.1, -0.05) is 134 Å². The Hall–Kier alpha value is -5.40. The van der Waals surface area contributed by atoms with E-state index in [4.69, 9.17) is 0 Å². The molecular formula is C51H43N. The molecule has 252 valence electrons. The fourth-order valence-electron chi connectivity index (χ4n) is 11.4. The van der Waals surface area contributed by atoms with E-state index >= 15 is 0 Å². The van der Waals surface area contributed by atoms with E-state index in [-0.39, 0.29) is 5.41 Å². The van der Waals surface area contributed by atoms with Gasteiger partial charge in [0.05, 0.1) is 5.69 Å². The Kier molecular flexibility index (Phi) is 6.88. The van der Waals surface area contributed by atoms with Crippen LogP contribution in [0.5, 0.6) is 0 Å². The van der Waals surface area contributed by atoms with E-state index in [1.165, 1.54) is 99.7 Å². The zero-order valence-corrected chi connectivity index (χ0v) is 29.6. The monoisotopic (exact) mass is 669 g/mol. The minimum atomic E-state index is 0.0426. The molecular weight excluding hydrogens is 627 g/mol. The second-order valence-electron chi connectivity index (χ2n) is 16.1. The smallest absolute Gasteiger partial charge is 0.0509 e. The molecule has 0 N–H and O–H groups in total. The van der Waals surface area contributed by atoms with Gasteiger partial charge in [0.15, 0.2) is 0 Å². The van der Waals surface area contributed by atoms with E-state index in [9.17, 15) is 0 Å². The van der Waals surface area contributed by atoms with Gasteiger partial charge in [0, 0.05) is 16.8 Å². The van der Waals surface area contributed by atoms with Crippen LogP contribution < -0.4 is 4.90 Å². The Bertz CT molecular complexity index is 2460. The third-order valence-electron chi connectivity index (χ3n) is 13.6. The Morgan fingerprint density at radius 2 is 1.17 bits per heavy atom. The summed E-state index contributed by atoms with van der Waals surface area (Å²) in [6.45, 7) is 0. The van der Waals surface area contributed by atoms with Gasteiger partial charge in [-0.3, -0.25) is 0 Å². The molecule has 0 aliphatic heterocycles. The Labute approximate surface area is 307 Å². The van der Waals surface area contributed by atoms with E-state index < -0.39 is 0 Å². The number of anilines is 3. The first kappa shape index (κ1) is 30.2. The molecule has 7 aromatic carbocycles. The zero-order valence-electron chi connectivity index (χ0n) is 29.6. The van der Waals surface area contributed by atoms with Gasteiger partial charge in [-0.2, -0.15) is 0 Å². The minimum absolute atomic E-state index is 0.0426. The summed E-state index contributed by atoms with van der Waals surface area (Å²) in [5.41, 5.74) is 14.9. The minimum Gasteiger partial charge on any atom is -0.310 e. The van der Waals surface area contributed by atoms with Crippen molar-refractivity contribution in [1.29, 1.82) is 0 Å². The summed E-state index contributed by atoms with van der Waals surface area (Å²) in [6, 6.07) is 61.6. The molecule has 5 atom stereocenters. The van der Waals surface area contributed by atoms with Crippen LogP contribution in [0.2, 0.25) is 0 Å². The molecule has 0 radical (unpaired) electrons. The van der Waals surface area contributed by atoms with Crippen molar-refractivity contribution < 1.29 is 0 Å². The molecule has 4 aliphatic carbocycles. The van der Waals surface area contributed by atoms with Crippen molar-refractivity contribution in [2.75, 3.05) is 4.90 Å². The van der Waals surface area contributed by atoms with Crippen LogP contribution in [-0.2, 0) is 5.41 Å². The predicted octanol–water partition coefficient (Wildman–Crippen LogP) is 13.8. The highest BCUT2D eigenvalue weighted by atomic mass is 15.1. The Morgan fingerprint density at radius 1 is 0.462 bits per heavy atom. The van der Waals surface area contributed by atoms with E-state index in [0.717, 1.165) is 17.8 Å². The maximum atomic E-state index is 2.60. The fraction of sp³-hybridized carbons (Fsp3) is 0.216. The predicted molar refractivity (Wildman–Crippen MR) is 217 cm³/mol. The third-order valence-corrected chi connectivity index (χ3v) is 13.6. The van der Waals surface area contributed by atoms with Gasteiger partial charge in [-0.15, -0.1) is 0 Å². The summed E-state index contributed by atoms with van der Waals surface area (Å²) < 4.78 is 0. The molecule has 1 spiro atoms. The summed E-state index contributed by atoms with van der Waals surface area (Å²) >= 11 is 0. The average Bonchev–Trinajstić information content (AvgIpc) is 3.49. The molecule has 7 aromatic rings. The van der Waals surface area contributed by atoms with Crippen LogP contribution >= 0.6 is 0 Å². The lowest BCUT2D eigenvalue weighted by atomic mass is 9.47. The second kappa shape index (κ2) is 11.8. The van der Waals surface area contributed by atoms with Gasteiger partial charge in [0.1, 0.15) is 0 Å². The molecule has 0 aromatic heterocycles. The van der Waals surface area contributed by atoms with Gasteiger partial charge < -0.3 is 4.90 Å². The SMILES string of the molecule is c1ccc(-c2ccc(N(c3cccc(-c4ccc5ccccc5c4)c3)c3cccc4c3C3(CC5CCC6CC5CC3C6)c3ccccc3-4)cc2)cc1. The van der Waals surface area contributed by atoms with E-state index in [1.54, 1.807) is 11.1 Å². The summed E-state index contributed by atoms with van der Waals surface area (Å²) in [4.78, 5) is 2.60. The molecule has 11 rings (SSSR count). The quantitative estimate of drug-likeness (QED) is 0.176. The Morgan fingerprint density at radius 3 is 2.08 bits per heavy atom. The number of fused-ring (bicyclic) bond motifs is 9. The molecule has 3 fully saturated rings. The van der Waals surface area contributed by atoms with Crippen LogP contribution in [0.3, 0.4) is 0 Å². The lowest BCUT2D eigenvalue weighted by Gasteiger charge is -2.57. The average molecular weight is 670 g/mol. The molecule has 1 nitrogen and oxygen atoms in total. The number of nitrogens with zero attached hydrogens (tertiary/aromatic N) is 1. The number of hydrogen-bond donors (Lipinski definition) is 0. The standard InChI is InChI=1S/C51H43N/c1-2-10-35(11-3-1)37-24-26-44(27-25-37)52(45-15-8-14-39(32-45)40-23-22-36-12-4-5-13-38(36)30-40)49-19-9-17-47-46-16-6-7-18-48(46)51(50(47)49)33-41-21-20-34-28-42(41)31-43(51)29-34/h1-19,22-27,30,32,34,41-43H,20-21,28-29,31,33H2. The third kappa shape index (κ3) is 4.61. The number of rotatable bonds is 5. The van der Waals surface area contributed by atoms with Crippen LogP contribution in [0.15, 0.2) is 164 Å². The summed E-state index contributed by atoms with van der Waals surface area (Å²) in [5, 5.41) is 2.55. The normalized spacial score (nSPS) is 23.8. The summed E-state index contributed by atoms with van der Waals surface area (Å²) in [6.07, 6.45) is 8.34. The van der Waals surface area contributed by atoms with Gasteiger partial charge in [-0.05, 0) is 147 Å². The lowest BCUT2D eigenvalue weighted by molar-refractivity contribution is -0.0101. The molecule has 5 unspecified atom stereocenters. The largest absolute Gasteiger partial charge is 0.310 e. The first-order valence-corrected chi connectivity index (χ1v) is 19.5. The van der Waals surface area contributed by atoms with E-state index in [1.807, 2.05) is 0 Å². The molecule has 0 heterocycles. The molecule has 3 bridgehead atoms. The molecule has 3 saturated carbocycles. The zero-order chi connectivity index (χ0) is 34.2. The van der Waals surface area contributed by atoms with Gasteiger partial charge in [0.25, 0.3) is 0 Å². The van der Waals surface area contributed by atoms with E-state index in [0.29, 0.717) is 5.92 Å². The molecule has 4 aliphatic rings. The van der Waals surface area contributed by atoms with Crippen molar-refractivity contribution in [2.24, 2.45) is 23.7 Å². The van der Waals surface area contributed by atoms with Crippen LogP contribution in [0.4, 0.5) is 17.1 Å². The van der Waals surface area contributed by atoms with Crippen molar-refractivity contribution in [3.8, 4) is 33.4 Å². The first-order chi connectivity index (χ1) is 25.7. The van der Waals surface area contributed by atoms with Crippen molar-refractivity contribution >= 4 is 27.8 Å². The van der Waals surface area contributed by atoms with Crippen LogP contribution in [0.1, 0.15) is 49.7 Å². The maximum Gasteiger partial charge on any atom is 0.0509 e. The van der Waals surface area contributed by atoms with Crippen LogP contribution in [0.25, 0.3) is 44.2 Å². The molecule has 0 saturated heterocycles.